The predicted octanol–water partition coefficient (Wildman–Crippen LogP) is -0.311. The fraction of sp³-hybridized carbons (Fsp3) is 0.231. The van der Waals surface area contributed by atoms with E-state index < -0.39 is 17.9 Å². The number of carbonyl (C=O) groups is 2. The number of pyridine rings is 1. The van der Waals surface area contributed by atoms with E-state index >= 15 is 0 Å². The molecule has 1 atom stereocenters. The van der Waals surface area contributed by atoms with Crippen LogP contribution in [0.25, 0.3) is 0 Å². The Kier molecular flexibility index (Phi) is 4.62. The lowest BCUT2D eigenvalue weighted by Gasteiger charge is -2.13. The van der Waals surface area contributed by atoms with E-state index in [1.165, 1.54) is 30.9 Å². The van der Waals surface area contributed by atoms with Crippen molar-refractivity contribution in [2.45, 2.75) is 19.0 Å². The van der Waals surface area contributed by atoms with E-state index in [0.717, 1.165) is 0 Å². The molecule has 2 heterocycles. The number of nitrogens with zero attached hydrogens (tertiary/aromatic N) is 2. The summed E-state index contributed by atoms with van der Waals surface area (Å²) in [5.74, 6) is -1.61. The Morgan fingerprint density at radius 1 is 1.48 bits per heavy atom. The van der Waals surface area contributed by atoms with Crippen molar-refractivity contribution in [1.29, 1.82) is 0 Å². The largest absolute Gasteiger partial charge is 0.480 e. The molecule has 0 aliphatic rings. The van der Waals surface area contributed by atoms with Gasteiger partial charge in [0.1, 0.15) is 6.04 Å². The molecule has 110 valence electrons. The lowest BCUT2D eigenvalue weighted by Crippen LogP contribution is -2.42. The van der Waals surface area contributed by atoms with Crippen molar-refractivity contribution in [3.8, 4) is 0 Å². The Labute approximate surface area is 120 Å². The van der Waals surface area contributed by atoms with Crippen LogP contribution in [0.1, 0.15) is 21.7 Å². The van der Waals surface area contributed by atoms with Crippen LogP contribution >= 0.6 is 0 Å². The molecule has 5 N–H and O–H groups in total. The first-order chi connectivity index (χ1) is 10.1. The predicted molar refractivity (Wildman–Crippen MR) is 73.3 cm³/mol. The van der Waals surface area contributed by atoms with Crippen molar-refractivity contribution >= 4 is 11.9 Å². The number of amides is 1. The first-order valence-electron chi connectivity index (χ1n) is 6.26. The zero-order valence-electron chi connectivity index (χ0n) is 11.1. The number of carbonyl (C=O) groups excluding carboxylic acids is 1. The zero-order chi connectivity index (χ0) is 15.2. The van der Waals surface area contributed by atoms with Crippen LogP contribution in [0.2, 0.25) is 0 Å². The van der Waals surface area contributed by atoms with E-state index in [4.69, 9.17) is 5.73 Å². The number of H-pyrrole nitrogens is 1. The van der Waals surface area contributed by atoms with E-state index in [1.807, 2.05) is 0 Å². The summed E-state index contributed by atoms with van der Waals surface area (Å²) in [5.41, 5.74) is 6.96. The average Bonchev–Trinajstić information content (AvgIpc) is 2.99. The Morgan fingerprint density at radius 2 is 2.29 bits per heavy atom. The molecule has 1 amide bonds. The molecule has 2 aromatic rings. The maximum absolute atomic E-state index is 12.1. The van der Waals surface area contributed by atoms with Gasteiger partial charge < -0.3 is 21.1 Å². The normalized spacial score (nSPS) is 11.9. The molecule has 8 heteroatoms. The number of nitrogens with two attached hydrogens (primary N) is 1. The molecule has 0 fully saturated rings. The summed E-state index contributed by atoms with van der Waals surface area (Å²) in [7, 11) is 0. The van der Waals surface area contributed by atoms with Crippen molar-refractivity contribution in [2.75, 3.05) is 0 Å². The van der Waals surface area contributed by atoms with Crippen LogP contribution < -0.4 is 11.1 Å². The van der Waals surface area contributed by atoms with Gasteiger partial charge in [-0.25, -0.2) is 9.78 Å². The van der Waals surface area contributed by atoms with Gasteiger partial charge in [-0.2, -0.15) is 0 Å². The Bertz CT molecular complexity index is 626. The van der Waals surface area contributed by atoms with Gasteiger partial charge >= 0.3 is 5.97 Å². The lowest BCUT2D eigenvalue weighted by atomic mass is 10.1. The van der Waals surface area contributed by atoms with Crippen LogP contribution in [0.3, 0.4) is 0 Å². The molecule has 0 saturated carbocycles. The molecular formula is C13H15N5O3. The fourth-order valence-corrected chi connectivity index (χ4v) is 1.79. The summed E-state index contributed by atoms with van der Waals surface area (Å²) in [5, 5.41) is 11.7. The van der Waals surface area contributed by atoms with Crippen LogP contribution in [0.4, 0.5) is 0 Å². The summed E-state index contributed by atoms with van der Waals surface area (Å²) in [6.45, 7) is 0.206. The van der Waals surface area contributed by atoms with Crippen molar-refractivity contribution in [3.63, 3.8) is 0 Å². The number of aromatic amines is 1. The number of hydrogen-bond acceptors (Lipinski definition) is 5. The first kappa shape index (κ1) is 14.7. The zero-order valence-corrected chi connectivity index (χ0v) is 11.1. The second-order valence-corrected chi connectivity index (χ2v) is 4.39. The summed E-state index contributed by atoms with van der Waals surface area (Å²) >= 11 is 0. The highest BCUT2D eigenvalue weighted by molar-refractivity contribution is 5.96. The van der Waals surface area contributed by atoms with Gasteiger partial charge in [0.25, 0.3) is 5.91 Å². The summed E-state index contributed by atoms with van der Waals surface area (Å²) in [6, 6.07) is 1.99. The maximum Gasteiger partial charge on any atom is 0.326 e. The van der Waals surface area contributed by atoms with E-state index in [2.05, 4.69) is 20.3 Å². The molecule has 21 heavy (non-hydrogen) atoms. The molecule has 0 aliphatic carbocycles. The van der Waals surface area contributed by atoms with Crippen LogP contribution in [0.15, 0.2) is 30.9 Å². The number of carboxylic acids is 1. The summed E-state index contributed by atoms with van der Waals surface area (Å²) in [4.78, 5) is 33.9. The minimum Gasteiger partial charge on any atom is -0.480 e. The second-order valence-electron chi connectivity index (χ2n) is 4.39. The minimum absolute atomic E-state index is 0.121. The van der Waals surface area contributed by atoms with Crippen molar-refractivity contribution in [3.05, 3.63) is 47.8 Å². The minimum atomic E-state index is -1.12. The third-order valence-corrected chi connectivity index (χ3v) is 2.87. The van der Waals surface area contributed by atoms with Gasteiger partial charge in [-0.15, -0.1) is 0 Å². The molecule has 0 spiro atoms. The molecule has 0 saturated heterocycles. The van der Waals surface area contributed by atoms with E-state index in [-0.39, 0.29) is 13.0 Å². The van der Waals surface area contributed by atoms with Gasteiger partial charge in [-0.3, -0.25) is 9.78 Å². The molecule has 2 rings (SSSR count). The monoisotopic (exact) mass is 289 g/mol. The number of imidazole rings is 1. The number of nitrogens with one attached hydrogen (secondary N) is 2. The molecule has 0 aliphatic heterocycles. The molecule has 0 aromatic carbocycles. The molecule has 0 unspecified atom stereocenters. The highest BCUT2D eigenvalue weighted by Crippen LogP contribution is 2.04. The van der Waals surface area contributed by atoms with Crippen LogP contribution in [-0.2, 0) is 17.8 Å². The van der Waals surface area contributed by atoms with Crippen LogP contribution in [-0.4, -0.2) is 38.0 Å². The molecule has 8 nitrogen and oxygen atoms in total. The maximum atomic E-state index is 12.1. The Morgan fingerprint density at radius 3 is 2.90 bits per heavy atom. The number of aromatic nitrogens is 3. The summed E-state index contributed by atoms with van der Waals surface area (Å²) in [6.07, 6.45) is 4.55. The molecule has 2 aromatic heterocycles. The van der Waals surface area contributed by atoms with Crippen molar-refractivity contribution < 1.29 is 14.7 Å². The third kappa shape index (κ3) is 3.86. The molecular weight excluding hydrogens is 274 g/mol. The van der Waals surface area contributed by atoms with E-state index in [1.54, 1.807) is 0 Å². The Hall–Kier alpha value is -2.74. The highest BCUT2D eigenvalue weighted by Gasteiger charge is 2.21. The smallest absolute Gasteiger partial charge is 0.326 e. The van der Waals surface area contributed by atoms with E-state index in [0.29, 0.717) is 17.0 Å². The van der Waals surface area contributed by atoms with Gasteiger partial charge in [-0.05, 0) is 12.1 Å². The number of aliphatic carboxylic acids is 1. The van der Waals surface area contributed by atoms with Crippen molar-refractivity contribution in [1.82, 2.24) is 20.3 Å². The lowest BCUT2D eigenvalue weighted by molar-refractivity contribution is -0.139. The van der Waals surface area contributed by atoms with Gasteiger partial charge in [0, 0.05) is 36.6 Å². The second kappa shape index (κ2) is 6.62. The number of rotatable bonds is 6. The average molecular weight is 289 g/mol. The topological polar surface area (TPSA) is 134 Å². The van der Waals surface area contributed by atoms with Gasteiger partial charge in [0.05, 0.1) is 12.0 Å². The quantitative estimate of drug-likeness (QED) is 0.576. The van der Waals surface area contributed by atoms with Gasteiger partial charge in [0.2, 0.25) is 0 Å². The number of hydrogen-bond donors (Lipinski definition) is 4. The van der Waals surface area contributed by atoms with Crippen molar-refractivity contribution in [2.24, 2.45) is 5.73 Å². The fourth-order valence-electron chi connectivity index (χ4n) is 1.79. The van der Waals surface area contributed by atoms with E-state index in [9.17, 15) is 14.7 Å². The standard InChI is InChI=1S/C13H15N5O3/c14-5-9-3-8(1-2-16-9)12(19)18-11(13(20)21)4-10-6-15-7-17-10/h1-3,6-7,11H,4-5,14H2,(H,15,17)(H,18,19)(H,20,21)/t11-/m1/s1. The molecule has 0 bridgehead atoms. The highest BCUT2D eigenvalue weighted by atomic mass is 16.4. The van der Waals surface area contributed by atoms with Crippen LogP contribution in [0, 0.1) is 0 Å². The SMILES string of the molecule is NCc1cc(C(=O)N[C@H](Cc2cnc[nH]2)C(=O)O)ccn1. The van der Waals surface area contributed by atoms with Gasteiger partial charge in [-0.1, -0.05) is 0 Å². The summed E-state index contributed by atoms with van der Waals surface area (Å²) < 4.78 is 0. The van der Waals surface area contributed by atoms with Gasteiger partial charge in [0.15, 0.2) is 0 Å². The van der Waals surface area contributed by atoms with Crippen LogP contribution in [0.5, 0.6) is 0 Å². The first-order valence-corrected chi connectivity index (χ1v) is 6.26. The third-order valence-electron chi connectivity index (χ3n) is 2.87. The molecule has 0 radical (unpaired) electrons. The number of carboxylic acid groups (broad SMARTS) is 1. The Balaban J connectivity index is 2.08.